The normalized spacial score (nSPS) is 18.8. The van der Waals surface area contributed by atoms with Gasteiger partial charge in [-0.2, -0.15) is 0 Å². The molecular weight excluding hydrogens is 150 g/mol. The predicted molar refractivity (Wildman–Crippen MR) is 48.9 cm³/mol. The molecule has 2 rings (SSSR count). The topological polar surface area (TPSA) is 43.8 Å². The Morgan fingerprint density at radius 3 is 2.67 bits per heavy atom. The van der Waals surface area contributed by atoms with Crippen molar-refractivity contribution in [3.05, 3.63) is 12.0 Å². The first-order chi connectivity index (χ1) is 5.79. The van der Waals surface area contributed by atoms with Crippen LogP contribution in [0.3, 0.4) is 0 Å². The molecule has 1 aromatic heterocycles. The molecule has 3 nitrogen and oxygen atoms in total. The molecular formula is C9H15N3. The Labute approximate surface area is 72.6 Å². The summed E-state index contributed by atoms with van der Waals surface area (Å²) in [5.74, 6) is 0.682. The van der Waals surface area contributed by atoms with Gasteiger partial charge in [0, 0.05) is 6.04 Å². The molecule has 0 unspecified atom stereocenters. The molecule has 1 aromatic rings. The van der Waals surface area contributed by atoms with Crippen molar-refractivity contribution in [2.75, 3.05) is 5.73 Å². The minimum Gasteiger partial charge on any atom is -0.382 e. The van der Waals surface area contributed by atoms with E-state index in [4.69, 9.17) is 5.73 Å². The Bertz CT molecular complexity index is 271. The molecule has 1 fully saturated rings. The molecule has 0 saturated heterocycles. The number of nitrogen functional groups attached to an aromatic ring is 1. The van der Waals surface area contributed by atoms with Crippen LogP contribution in [0.2, 0.25) is 0 Å². The van der Waals surface area contributed by atoms with E-state index in [1.165, 1.54) is 25.7 Å². The Balaban J connectivity index is 2.26. The van der Waals surface area contributed by atoms with Crippen LogP contribution in [-0.4, -0.2) is 9.55 Å². The lowest BCUT2D eigenvalue weighted by molar-refractivity contribution is 0.508. The van der Waals surface area contributed by atoms with Gasteiger partial charge >= 0.3 is 0 Å². The van der Waals surface area contributed by atoms with Crippen LogP contribution in [0.1, 0.15) is 37.4 Å². The third-order valence-electron chi connectivity index (χ3n) is 2.80. The number of nitrogens with two attached hydrogens (primary N) is 1. The molecule has 0 atom stereocenters. The summed E-state index contributed by atoms with van der Waals surface area (Å²) >= 11 is 0. The molecule has 1 saturated carbocycles. The molecule has 1 aliphatic rings. The minimum absolute atomic E-state index is 0.662. The molecule has 1 heterocycles. The maximum atomic E-state index is 5.68. The first-order valence-corrected chi connectivity index (χ1v) is 4.58. The monoisotopic (exact) mass is 165 g/mol. The summed E-state index contributed by atoms with van der Waals surface area (Å²) in [6, 6.07) is 0.662. The SMILES string of the molecule is Cc1c(N)ncn1C1CCCC1. The molecule has 0 aromatic carbocycles. The van der Waals surface area contributed by atoms with Crippen molar-refractivity contribution in [1.82, 2.24) is 9.55 Å². The maximum absolute atomic E-state index is 5.68. The molecule has 1 aliphatic carbocycles. The van der Waals surface area contributed by atoms with Crippen molar-refractivity contribution in [2.45, 2.75) is 38.6 Å². The van der Waals surface area contributed by atoms with E-state index in [0.29, 0.717) is 11.9 Å². The average molecular weight is 165 g/mol. The second-order valence-electron chi connectivity index (χ2n) is 3.56. The van der Waals surface area contributed by atoms with Crippen LogP contribution >= 0.6 is 0 Å². The fourth-order valence-corrected chi connectivity index (χ4v) is 1.99. The van der Waals surface area contributed by atoms with Gasteiger partial charge in [-0.25, -0.2) is 4.98 Å². The van der Waals surface area contributed by atoms with Gasteiger partial charge in [0.2, 0.25) is 0 Å². The summed E-state index contributed by atoms with van der Waals surface area (Å²) in [6.07, 6.45) is 7.15. The van der Waals surface area contributed by atoms with Crippen LogP contribution in [0.25, 0.3) is 0 Å². The lowest BCUT2D eigenvalue weighted by Gasteiger charge is -2.12. The van der Waals surface area contributed by atoms with E-state index < -0.39 is 0 Å². The molecule has 12 heavy (non-hydrogen) atoms. The van der Waals surface area contributed by atoms with Gasteiger partial charge in [0.25, 0.3) is 0 Å². The minimum atomic E-state index is 0.662. The Morgan fingerprint density at radius 2 is 2.17 bits per heavy atom. The largest absolute Gasteiger partial charge is 0.382 e. The lowest BCUT2D eigenvalue weighted by atomic mass is 10.2. The summed E-state index contributed by atoms with van der Waals surface area (Å²) in [6.45, 7) is 2.04. The fraction of sp³-hybridized carbons (Fsp3) is 0.667. The number of nitrogens with zero attached hydrogens (tertiary/aromatic N) is 2. The molecule has 0 radical (unpaired) electrons. The zero-order valence-corrected chi connectivity index (χ0v) is 7.45. The van der Waals surface area contributed by atoms with Gasteiger partial charge in [-0.1, -0.05) is 12.8 Å². The van der Waals surface area contributed by atoms with E-state index in [0.717, 1.165) is 5.69 Å². The molecule has 0 bridgehead atoms. The molecule has 66 valence electrons. The van der Waals surface area contributed by atoms with E-state index in [9.17, 15) is 0 Å². The van der Waals surface area contributed by atoms with Crippen LogP contribution in [0, 0.1) is 6.92 Å². The van der Waals surface area contributed by atoms with Gasteiger partial charge in [-0.3, -0.25) is 0 Å². The standard InChI is InChI=1S/C9H15N3/c1-7-9(10)11-6-12(7)8-4-2-3-5-8/h6,8H,2-5,10H2,1H3. The van der Waals surface area contributed by atoms with E-state index in [2.05, 4.69) is 9.55 Å². The van der Waals surface area contributed by atoms with Crippen LogP contribution < -0.4 is 5.73 Å². The highest BCUT2D eigenvalue weighted by Gasteiger charge is 2.18. The third-order valence-corrected chi connectivity index (χ3v) is 2.80. The van der Waals surface area contributed by atoms with E-state index >= 15 is 0 Å². The highest BCUT2D eigenvalue weighted by Crippen LogP contribution is 2.31. The first kappa shape index (κ1) is 7.65. The van der Waals surface area contributed by atoms with Crippen molar-refractivity contribution in [3.63, 3.8) is 0 Å². The number of imidazole rings is 1. The first-order valence-electron chi connectivity index (χ1n) is 4.58. The van der Waals surface area contributed by atoms with Gasteiger partial charge in [-0.05, 0) is 19.8 Å². The molecule has 2 N–H and O–H groups in total. The highest BCUT2D eigenvalue weighted by atomic mass is 15.1. The number of hydrogen-bond donors (Lipinski definition) is 1. The van der Waals surface area contributed by atoms with Crippen molar-refractivity contribution in [1.29, 1.82) is 0 Å². The van der Waals surface area contributed by atoms with Crippen molar-refractivity contribution >= 4 is 5.82 Å². The van der Waals surface area contributed by atoms with Crippen LogP contribution in [0.4, 0.5) is 5.82 Å². The average Bonchev–Trinajstić information content (AvgIpc) is 2.64. The van der Waals surface area contributed by atoms with Crippen molar-refractivity contribution < 1.29 is 0 Å². The number of aromatic nitrogens is 2. The van der Waals surface area contributed by atoms with Crippen LogP contribution in [-0.2, 0) is 0 Å². The number of rotatable bonds is 1. The maximum Gasteiger partial charge on any atom is 0.144 e. The lowest BCUT2D eigenvalue weighted by Crippen LogP contribution is -2.05. The fourth-order valence-electron chi connectivity index (χ4n) is 1.99. The van der Waals surface area contributed by atoms with Crippen LogP contribution in [0.5, 0.6) is 0 Å². The highest BCUT2D eigenvalue weighted by molar-refractivity contribution is 5.33. The second-order valence-corrected chi connectivity index (χ2v) is 3.56. The number of anilines is 1. The predicted octanol–water partition coefficient (Wildman–Crippen LogP) is 1.89. The molecule has 0 amide bonds. The van der Waals surface area contributed by atoms with Crippen molar-refractivity contribution in [3.8, 4) is 0 Å². The van der Waals surface area contributed by atoms with Crippen LogP contribution in [0.15, 0.2) is 6.33 Å². The smallest absolute Gasteiger partial charge is 0.144 e. The van der Waals surface area contributed by atoms with Gasteiger partial charge in [0.05, 0.1) is 12.0 Å². The number of hydrogen-bond acceptors (Lipinski definition) is 2. The summed E-state index contributed by atoms with van der Waals surface area (Å²) in [5, 5.41) is 0. The van der Waals surface area contributed by atoms with Gasteiger partial charge < -0.3 is 10.3 Å². The van der Waals surface area contributed by atoms with E-state index in [1.54, 1.807) is 0 Å². The Hall–Kier alpha value is -0.990. The van der Waals surface area contributed by atoms with E-state index in [1.807, 2.05) is 13.3 Å². The second kappa shape index (κ2) is 2.81. The van der Waals surface area contributed by atoms with Gasteiger partial charge in [-0.15, -0.1) is 0 Å². The third kappa shape index (κ3) is 1.09. The van der Waals surface area contributed by atoms with E-state index in [-0.39, 0.29) is 0 Å². The summed E-state index contributed by atoms with van der Waals surface area (Å²) in [5.41, 5.74) is 6.80. The summed E-state index contributed by atoms with van der Waals surface area (Å²) < 4.78 is 2.22. The van der Waals surface area contributed by atoms with Gasteiger partial charge in [0.1, 0.15) is 5.82 Å². The molecule has 0 spiro atoms. The Kier molecular flexibility index (Phi) is 1.79. The quantitative estimate of drug-likeness (QED) is 0.690. The molecule has 0 aliphatic heterocycles. The zero-order chi connectivity index (χ0) is 8.55. The Morgan fingerprint density at radius 1 is 1.50 bits per heavy atom. The summed E-state index contributed by atoms with van der Waals surface area (Å²) in [4.78, 5) is 4.10. The van der Waals surface area contributed by atoms with Gasteiger partial charge in [0.15, 0.2) is 0 Å². The zero-order valence-electron chi connectivity index (χ0n) is 7.45. The summed E-state index contributed by atoms with van der Waals surface area (Å²) in [7, 11) is 0. The molecule has 3 heteroatoms. The van der Waals surface area contributed by atoms with Crippen molar-refractivity contribution in [2.24, 2.45) is 0 Å².